The van der Waals surface area contributed by atoms with E-state index in [2.05, 4.69) is 29.8 Å². The minimum atomic E-state index is -0.103. The standard InChI is InChI=1S/C14H19N3S/c1-14(2)16-12(17-9-4-3-5-10-17)11-7-6-8-15-13(11)18-14/h6-8H,3-5,9-10H2,1-2H3. The number of aromatic nitrogens is 1. The van der Waals surface area contributed by atoms with Crippen molar-refractivity contribution in [2.45, 2.75) is 43.0 Å². The van der Waals surface area contributed by atoms with E-state index in [4.69, 9.17) is 4.99 Å². The number of aliphatic imine (C=N–C) groups is 1. The molecule has 1 fully saturated rings. The average molecular weight is 261 g/mol. The monoisotopic (exact) mass is 261 g/mol. The number of pyridine rings is 1. The van der Waals surface area contributed by atoms with Gasteiger partial charge in [0.15, 0.2) is 0 Å². The van der Waals surface area contributed by atoms with Gasteiger partial charge in [-0.2, -0.15) is 0 Å². The van der Waals surface area contributed by atoms with Crippen molar-refractivity contribution in [1.82, 2.24) is 9.88 Å². The molecule has 1 aromatic heterocycles. The van der Waals surface area contributed by atoms with E-state index in [9.17, 15) is 0 Å². The summed E-state index contributed by atoms with van der Waals surface area (Å²) < 4.78 is 0. The average Bonchev–Trinajstić information content (AvgIpc) is 2.38. The van der Waals surface area contributed by atoms with Crippen LogP contribution in [0.25, 0.3) is 0 Å². The molecule has 0 amide bonds. The third-order valence-electron chi connectivity index (χ3n) is 3.39. The van der Waals surface area contributed by atoms with Gasteiger partial charge in [0.05, 0.1) is 0 Å². The maximum Gasteiger partial charge on any atom is 0.135 e. The molecule has 4 heteroatoms. The van der Waals surface area contributed by atoms with Crippen molar-refractivity contribution in [3.05, 3.63) is 23.9 Å². The Morgan fingerprint density at radius 1 is 1.22 bits per heavy atom. The van der Waals surface area contributed by atoms with Crippen LogP contribution in [0.5, 0.6) is 0 Å². The summed E-state index contributed by atoms with van der Waals surface area (Å²) in [5.74, 6) is 1.15. The number of hydrogen-bond donors (Lipinski definition) is 0. The first-order valence-corrected chi connectivity index (χ1v) is 7.47. The summed E-state index contributed by atoms with van der Waals surface area (Å²) >= 11 is 1.76. The highest BCUT2D eigenvalue weighted by atomic mass is 32.2. The number of nitrogens with zero attached hydrogens (tertiary/aromatic N) is 3. The van der Waals surface area contributed by atoms with Crippen molar-refractivity contribution in [3.8, 4) is 0 Å². The zero-order valence-corrected chi connectivity index (χ0v) is 11.8. The number of amidine groups is 1. The van der Waals surface area contributed by atoms with Crippen molar-refractivity contribution in [1.29, 1.82) is 0 Å². The molecule has 18 heavy (non-hydrogen) atoms. The lowest BCUT2D eigenvalue weighted by Crippen LogP contribution is -2.39. The van der Waals surface area contributed by atoms with E-state index in [1.54, 1.807) is 11.8 Å². The number of fused-ring (bicyclic) bond motifs is 1. The van der Waals surface area contributed by atoms with E-state index >= 15 is 0 Å². The molecule has 0 radical (unpaired) electrons. The van der Waals surface area contributed by atoms with Crippen molar-refractivity contribution in [2.24, 2.45) is 4.99 Å². The Labute approximate surface area is 113 Å². The first-order valence-electron chi connectivity index (χ1n) is 6.65. The lowest BCUT2D eigenvalue weighted by molar-refractivity contribution is 0.339. The molecule has 0 bridgehead atoms. The van der Waals surface area contributed by atoms with E-state index < -0.39 is 0 Å². The molecule has 0 saturated carbocycles. The Balaban J connectivity index is 2.01. The van der Waals surface area contributed by atoms with Gasteiger partial charge in [0.2, 0.25) is 0 Å². The Bertz CT molecular complexity index is 476. The second-order valence-electron chi connectivity index (χ2n) is 5.39. The van der Waals surface area contributed by atoms with E-state index in [-0.39, 0.29) is 4.87 Å². The quantitative estimate of drug-likeness (QED) is 0.718. The van der Waals surface area contributed by atoms with Gasteiger partial charge in [-0.05, 0) is 45.2 Å². The van der Waals surface area contributed by atoms with Gasteiger partial charge in [-0.3, -0.25) is 4.99 Å². The van der Waals surface area contributed by atoms with Gasteiger partial charge in [0.25, 0.3) is 0 Å². The van der Waals surface area contributed by atoms with Gasteiger partial charge in [-0.15, -0.1) is 0 Å². The van der Waals surface area contributed by atoms with Gasteiger partial charge in [0, 0.05) is 24.8 Å². The summed E-state index contributed by atoms with van der Waals surface area (Å²) in [5, 5.41) is 1.12. The Hall–Kier alpha value is -1.03. The molecule has 1 saturated heterocycles. The normalized spacial score (nSPS) is 22.3. The third-order valence-corrected chi connectivity index (χ3v) is 4.50. The van der Waals surface area contributed by atoms with Crippen LogP contribution < -0.4 is 0 Å². The Kier molecular flexibility index (Phi) is 3.06. The van der Waals surface area contributed by atoms with Crippen LogP contribution in [0.15, 0.2) is 28.3 Å². The first kappa shape index (κ1) is 12.0. The topological polar surface area (TPSA) is 28.5 Å². The van der Waals surface area contributed by atoms with Crippen molar-refractivity contribution in [2.75, 3.05) is 13.1 Å². The molecule has 2 aliphatic heterocycles. The summed E-state index contributed by atoms with van der Waals surface area (Å²) in [6.07, 6.45) is 5.78. The molecule has 0 unspecified atom stereocenters. The van der Waals surface area contributed by atoms with Crippen LogP contribution in [0.2, 0.25) is 0 Å². The predicted molar refractivity (Wildman–Crippen MR) is 76.1 cm³/mol. The molecule has 96 valence electrons. The first-order chi connectivity index (χ1) is 8.66. The van der Waals surface area contributed by atoms with Crippen molar-refractivity contribution in [3.63, 3.8) is 0 Å². The molecule has 2 aliphatic rings. The second kappa shape index (κ2) is 4.57. The summed E-state index contributed by atoms with van der Waals surface area (Å²) in [4.78, 5) is 11.8. The fourth-order valence-corrected chi connectivity index (χ4v) is 3.55. The Morgan fingerprint density at radius 3 is 2.78 bits per heavy atom. The van der Waals surface area contributed by atoms with E-state index in [1.807, 2.05) is 12.3 Å². The molecule has 3 heterocycles. The molecule has 3 nitrogen and oxygen atoms in total. The number of hydrogen-bond acceptors (Lipinski definition) is 4. The van der Waals surface area contributed by atoms with Crippen LogP contribution in [0.4, 0.5) is 0 Å². The smallest absolute Gasteiger partial charge is 0.135 e. The van der Waals surface area contributed by atoms with E-state index in [1.165, 1.54) is 24.8 Å². The van der Waals surface area contributed by atoms with Gasteiger partial charge in [-0.1, -0.05) is 11.8 Å². The summed E-state index contributed by atoms with van der Waals surface area (Å²) in [5.41, 5.74) is 1.21. The molecular weight excluding hydrogens is 242 g/mol. The largest absolute Gasteiger partial charge is 0.356 e. The molecule has 0 atom stereocenters. The van der Waals surface area contributed by atoms with Crippen LogP contribution in [-0.4, -0.2) is 33.7 Å². The molecular formula is C14H19N3S. The highest BCUT2D eigenvalue weighted by Gasteiger charge is 2.31. The van der Waals surface area contributed by atoms with Crippen molar-refractivity contribution >= 4 is 17.6 Å². The van der Waals surface area contributed by atoms with Crippen LogP contribution in [-0.2, 0) is 0 Å². The minimum Gasteiger partial charge on any atom is -0.356 e. The highest BCUT2D eigenvalue weighted by Crippen LogP contribution is 2.39. The third kappa shape index (κ3) is 2.26. The lowest BCUT2D eigenvalue weighted by Gasteiger charge is -2.35. The zero-order chi connectivity index (χ0) is 12.6. The number of piperidine rings is 1. The summed E-state index contributed by atoms with van der Waals surface area (Å²) in [6, 6.07) is 4.16. The fourth-order valence-electron chi connectivity index (χ4n) is 2.56. The zero-order valence-electron chi connectivity index (χ0n) is 11.0. The van der Waals surface area contributed by atoms with Gasteiger partial charge < -0.3 is 4.90 Å². The van der Waals surface area contributed by atoms with Crippen LogP contribution in [0.1, 0.15) is 38.7 Å². The fraction of sp³-hybridized carbons (Fsp3) is 0.571. The van der Waals surface area contributed by atoms with Gasteiger partial charge in [-0.25, -0.2) is 4.98 Å². The Morgan fingerprint density at radius 2 is 2.00 bits per heavy atom. The lowest BCUT2D eigenvalue weighted by atomic mass is 10.1. The van der Waals surface area contributed by atoms with Gasteiger partial charge in [0.1, 0.15) is 15.7 Å². The van der Waals surface area contributed by atoms with Crippen LogP contribution in [0, 0.1) is 0 Å². The molecule has 0 N–H and O–H groups in total. The molecule has 3 rings (SSSR count). The van der Waals surface area contributed by atoms with Crippen LogP contribution >= 0.6 is 11.8 Å². The number of thioether (sulfide) groups is 1. The minimum absolute atomic E-state index is 0.103. The second-order valence-corrected chi connectivity index (χ2v) is 6.98. The number of likely N-dealkylation sites (tertiary alicyclic amines) is 1. The SMILES string of the molecule is CC1(C)N=C(N2CCCCC2)c2cccnc2S1. The predicted octanol–water partition coefficient (Wildman–Crippen LogP) is 3.16. The molecule has 0 aliphatic carbocycles. The maximum atomic E-state index is 4.94. The highest BCUT2D eigenvalue weighted by molar-refractivity contribution is 8.00. The van der Waals surface area contributed by atoms with Crippen molar-refractivity contribution < 1.29 is 0 Å². The summed E-state index contributed by atoms with van der Waals surface area (Å²) in [6.45, 7) is 6.60. The van der Waals surface area contributed by atoms with E-state index in [0.717, 1.165) is 24.0 Å². The molecule has 0 aromatic carbocycles. The summed E-state index contributed by atoms with van der Waals surface area (Å²) in [7, 11) is 0. The number of rotatable bonds is 0. The van der Waals surface area contributed by atoms with Gasteiger partial charge >= 0.3 is 0 Å². The van der Waals surface area contributed by atoms with E-state index in [0.29, 0.717) is 0 Å². The maximum absolute atomic E-state index is 4.94. The van der Waals surface area contributed by atoms with Crippen LogP contribution in [0.3, 0.4) is 0 Å². The molecule has 0 spiro atoms. The molecule has 1 aromatic rings.